The van der Waals surface area contributed by atoms with Crippen molar-refractivity contribution in [2.24, 2.45) is 10.7 Å². The molecule has 0 unspecified atom stereocenters. The number of hydrogen-bond acceptors (Lipinski definition) is 7. The minimum absolute atomic E-state index is 0.0386. The van der Waals surface area contributed by atoms with E-state index in [0.717, 1.165) is 6.07 Å². The predicted octanol–water partition coefficient (Wildman–Crippen LogP) is 1.72. The van der Waals surface area contributed by atoms with E-state index in [1.807, 2.05) is 5.48 Å². The van der Waals surface area contributed by atoms with Crippen molar-refractivity contribution in [2.75, 3.05) is 0 Å². The number of halogens is 5. The topological polar surface area (TPSA) is 176 Å². The van der Waals surface area contributed by atoms with E-state index in [9.17, 15) is 27.6 Å². The molecule has 1 heterocycles. The van der Waals surface area contributed by atoms with Crippen molar-refractivity contribution in [2.45, 2.75) is 12.7 Å². The normalized spacial score (nSPS) is 11.3. The number of nitrogens with zero attached hydrogens (tertiary/aromatic N) is 3. The second-order valence-electron chi connectivity index (χ2n) is 4.75. The average molecular weight is 443 g/mol. The fourth-order valence-electron chi connectivity index (χ4n) is 1.49. The summed E-state index contributed by atoms with van der Waals surface area (Å²) in [5.74, 6) is -3.49. The van der Waals surface area contributed by atoms with Gasteiger partial charge < -0.3 is 16.2 Å². The van der Waals surface area contributed by atoms with Gasteiger partial charge in [0.1, 0.15) is 11.5 Å². The number of urea groups is 1. The largest absolute Gasteiger partial charge is 0.490 e. The Bertz CT molecular complexity index is 904. The van der Waals surface area contributed by atoms with Crippen LogP contribution < -0.4 is 16.5 Å². The molecule has 158 valence electrons. The van der Waals surface area contributed by atoms with Gasteiger partial charge in [-0.3, -0.25) is 10.7 Å². The highest BCUT2D eigenvalue weighted by atomic mass is 35.5. The molecular weight excluding hydrogens is 432 g/mol. The zero-order chi connectivity index (χ0) is 22.2. The number of hydroxylamine groups is 1. The molecular formula is C13H11ClF4N6O5. The quantitative estimate of drug-likeness (QED) is 0.206. The Balaban J connectivity index is 0.000000516. The molecule has 6 N–H and O–H groups in total. The van der Waals surface area contributed by atoms with Gasteiger partial charge >= 0.3 is 18.2 Å². The molecule has 29 heavy (non-hydrogen) atoms. The number of carbonyl (C=O) groups is 2. The van der Waals surface area contributed by atoms with Crippen LogP contribution in [0.2, 0.25) is 5.02 Å². The van der Waals surface area contributed by atoms with E-state index in [4.69, 9.17) is 27.2 Å². The number of carboxylic acid groups (broad SMARTS) is 1. The van der Waals surface area contributed by atoms with E-state index in [1.165, 1.54) is 12.1 Å². The average Bonchev–Trinajstić information content (AvgIpc) is 3.09. The number of nitrogens with one attached hydrogen (secondary N) is 2. The van der Waals surface area contributed by atoms with Crippen molar-refractivity contribution in [3.8, 4) is 0 Å². The predicted molar refractivity (Wildman–Crippen MR) is 86.9 cm³/mol. The SMILES string of the molecule is NC(=O)NCc1nonc1C(=Nc1ccc(F)c(Cl)c1)NO.O=C(O)C(F)(F)F. The van der Waals surface area contributed by atoms with Crippen LogP contribution in [0.25, 0.3) is 0 Å². The van der Waals surface area contributed by atoms with Gasteiger partial charge in [-0.15, -0.1) is 0 Å². The Labute approximate surface area is 163 Å². The Morgan fingerprint density at radius 2 is 1.93 bits per heavy atom. The van der Waals surface area contributed by atoms with Gasteiger partial charge in [-0.1, -0.05) is 16.8 Å². The summed E-state index contributed by atoms with van der Waals surface area (Å²) in [6.45, 7) is -0.0843. The van der Waals surface area contributed by atoms with Gasteiger partial charge in [0.05, 0.1) is 17.3 Å². The first-order valence-corrected chi connectivity index (χ1v) is 7.42. The van der Waals surface area contributed by atoms with E-state index in [1.54, 1.807) is 0 Å². The fourth-order valence-corrected chi connectivity index (χ4v) is 1.66. The number of benzene rings is 1. The van der Waals surface area contributed by atoms with Gasteiger partial charge in [-0.2, -0.15) is 13.2 Å². The molecule has 0 aliphatic rings. The van der Waals surface area contributed by atoms with Crippen molar-refractivity contribution in [1.29, 1.82) is 0 Å². The number of hydrogen-bond donors (Lipinski definition) is 5. The van der Waals surface area contributed by atoms with Crippen LogP contribution in [0.5, 0.6) is 0 Å². The van der Waals surface area contributed by atoms with Crippen molar-refractivity contribution < 1.29 is 42.1 Å². The van der Waals surface area contributed by atoms with Gasteiger partial charge in [0.15, 0.2) is 11.5 Å². The zero-order valence-electron chi connectivity index (χ0n) is 13.9. The minimum atomic E-state index is -5.08. The smallest absolute Gasteiger partial charge is 0.475 e. The summed E-state index contributed by atoms with van der Waals surface area (Å²) in [4.78, 5) is 23.6. The van der Waals surface area contributed by atoms with Gasteiger partial charge in [0, 0.05) is 0 Å². The number of alkyl halides is 3. The van der Waals surface area contributed by atoms with Crippen LogP contribution >= 0.6 is 11.6 Å². The molecule has 0 fully saturated rings. The number of aliphatic imine (C=N–C) groups is 1. The molecule has 0 saturated heterocycles. The van der Waals surface area contributed by atoms with Crippen LogP contribution in [0.4, 0.5) is 28.0 Å². The number of rotatable bonds is 4. The number of aliphatic carboxylic acids is 1. The third-order valence-electron chi connectivity index (χ3n) is 2.70. The molecule has 2 amide bonds. The molecule has 0 spiro atoms. The first-order chi connectivity index (χ1) is 13.5. The third kappa shape index (κ3) is 7.59. The van der Waals surface area contributed by atoms with Crippen molar-refractivity contribution in [3.05, 3.63) is 40.4 Å². The Kier molecular flexibility index (Phi) is 8.28. The van der Waals surface area contributed by atoms with E-state index in [2.05, 4.69) is 25.3 Å². The molecule has 0 aliphatic carbocycles. The summed E-state index contributed by atoms with van der Waals surface area (Å²) in [5, 5.41) is 25.6. The first-order valence-electron chi connectivity index (χ1n) is 7.04. The maximum absolute atomic E-state index is 13.1. The zero-order valence-corrected chi connectivity index (χ0v) is 14.6. The fraction of sp³-hybridized carbons (Fsp3) is 0.154. The standard InChI is InChI=1S/C11H10ClFN6O3.C2HF3O2/c12-6-3-5(1-2-7(6)13)16-10(17-21)9-8(18-22-19-9)4-15-11(14)20;3-2(4,5)1(6)7/h1-3,21H,4H2,(H,16,17)(H3,14,15,20);(H,6,7). The first kappa shape index (κ1) is 23.6. The summed E-state index contributed by atoms with van der Waals surface area (Å²) in [6.07, 6.45) is -5.08. The Hall–Kier alpha value is -3.46. The maximum Gasteiger partial charge on any atom is 0.490 e. The van der Waals surface area contributed by atoms with E-state index in [0.29, 0.717) is 0 Å². The second-order valence-corrected chi connectivity index (χ2v) is 5.16. The van der Waals surface area contributed by atoms with Crippen LogP contribution in [0, 0.1) is 5.82 Å². The summed E-state index contributed by atoms with van der Waals surface area (Å²) < 4.78 is 49.4. The molecule has 2 aromatic rings. The van der Waals surface area contributed by atoms with Crippen LogP contribution in [0.1, 0.15) is 11.4 Å². The van der Waals surface area contributed by atoms with Crippen LogP contribution in [0.15, 0.2) is 27.8 Å². The summed E-state index contributed by atoms with van der Waals surface area (Å²) in [6, 6.07) is 2.94. The lowest BCUT2D eigenvalue weighted by molar-refractivity contribution is -0.192. The van der Waals surface area contributed by atoms with Gasteiger partial charge in [0.2, 0.25) is 0 Å². The molecule has 1 aromatic carbocycles. The van der Waals surface area contributed by atoms with Gasteiger partial charge in [-0.25, -0.2) is 23.6 Å². The monoisotopic (exact) mass is 442 g/mol. The summed E-state index contributed by atoms with van der Waals surface area (Å²) in [7, 11) is 0. The van der Waals surface area contributed by atoms with E-state index >= 15 is 0 Å². The van der Waals surface area contributed by atoms with E-state index in [-0.39, 0.29) is 34.5 Å². The lowest BCUT2D eigenvalue weighted by Gasteiger charge is -2.04. The third-order valence-corrected chi connectivity index (χ3v) is 2.99. The number of amides is 2. The highest BCUT2D eigenvalue weighted by Crippen LogP contribution is 2.22. The number of nitrogens with two attached hydrogens (primary N) is 1. The number of carbonyl (C=O) groups excluding carboxylic acids is 1. The number of primary amides is 1. The molecule has 0 bridgehead atoms. The van der Waals surface area contributed by atoms with Crippen molar-refractivity contribution >= 4 is 35.1 Å². The Morgan fingerprint density at radius 1 is 1.31 bits per heavy atom. The van der Waals surface area contributed by atoms with Gasteiger partial charge in [-0.05, 0) is 23.4 Å². The Morgan fingerprint density at radius 3 is 2.41 bits per heavy atom. The maximum atomic E-state index is 13.1. The molecule has 0 saturated carbocycles. The van der Waals surface area contributed by atoms with Crippen molar-refractivity contribution in [1.82, 2.24) is 21.1 Å². The van der Waals surface area contributed by atoms with Crippen LogP contribution in [0.3, 0.4) is 0 Å². The van der Waals surface area contributed by atoms with Crippen LogP contribution in [-0.2, 0) is 11.3 Å². The second kappa shape index (κ2) is 10.2. The number of carboxylic acids is 1. The van der Waals surface area contributed by atoms with Crippen molar-refractivity contribution in [3.63, 3.8) is 0 Å². The molecule has 2 rings (SSSR count). The summed E-state index contributed by atoms with van der Waals surface area (Å²) in [5.41, 5.74) is 7.23. The lowest BCUT2D eigenvalue weighted by Crippen LogP contribution is -2.30. The molecule has 0 aliphatic heterocycles. The summed E-state index contributed by atoms with van der Waals surface area (Å²) >= 11 is 5.65. The van der Waals surface area contributed by atoms with Crippen LogP contribution in [-0.4, -0.2) is 44.6 Å². The number of aromatic nitrogens is 2. The number of amidine groups is 1. The van der Waals surface area contributed by atoms with Gasteiger partial charge in [0.25, 0.3) is 0 Å². The molecule has 11 nitrogen and oxygen atoms in total. The molecule has 0 radical (unpaired) electrons. The molecule has 0 atom stereocenters. The molecule has 1 aromatic heterocycles. The lowest BCUT2D eigenvalue weighted by atomic mass is 10.2. The highest BCUT2D eigenvalue weighted by Gasteiger charge is 2.38. The van der Waals surface area contributed by atoms with E-state index < -0.39 is 24.0 Å². The highest BCUT2D eigenvalue weighted by molar-refractivity contribution is 6.31. The minimum Gasteiger partial charge on any atom is -0.475 e. The molecule has 16 heteroatoms.